The van der Waals surface area contributed by atoms with Crippen molar-refractivity contribution in [2.75, 3.05) is 6.54 Å². The molecule has 3 N–H and O–H groups in total. The van der Waals surface area contributed by atoms with Crippen LogP contribution < -0.4 is 11.1 Å². The van der Waals surface area contributed by atoms with Gasteiger partial charge >= 0.3 is 0 Å². The molecule has 1 aromatic rings. The fourth-order valence-electron chi connectivity index (χ4n) is 2.01. The van der Waals surface area contributed by atoms with Gasteiger partial charge in [0, 0.05) is 18.5 Å². The van der Waals surface area contributed by atoms with Gasteiger partial charge in [-0.25, -0.2) is 8.78 Å². The van der Waals surface area contributed by atoms with Crippen LogP contribution in [0.15, 0.2) is 18.2 Å². The lowest BCUT2D eigenvalue weighted by Crippen LogP contribution is -2.49. The second-order valence-corrected chi connectivity index (χ2v) is 5.45. The molecule has 3 nitrogen and oxygen atoms in total. The lowest BCUT2D eigenvalue weighted by molar-refractivity contribution is -0.121. The number of hydrogen-bond acceptors (Lipinski definition) is 2. The van der Waals surface area contributed by atoms with Crippen LogP contribution in [0.1, 0.15) is 45.1 Å². The van der Waals surface area contributed by atoms with Crippen LogP contribution in [0.4, 0.5) is 8.78 Å². The van der Waals surface area contributed by atoms with Gasteiger partial charge in [0.1, 0.15) is 0 Å². The van der Waals surface area contributed by atoms with Crippen molar-refractivity contribution in [3.63, 3.8) is 0 Å². The fraction of sp³-hybridized carbons (Fsp3) is 0.562. The molecular formula is C16H24F2N2O. The zero-order valence-corrected chi connectivity index (χ0v) is 12.7. The summed E-state index contributed by atoms with van der Waals surface area (Å²) in [5.74, 6) is -1.76. The number of hydrogen-bond donors (Lipinski definition) is 2. The third-order valence-electron chi connectivity index (χ3n) is 3.90. The molecule has 0 fully saturated rings. The Kier molecular flexibility index (Phi) is 6.75. The highest BCUT2D eigenvalue weighted by molar-refractivity contribution is 5.75. The molecule has 0 aromatic heterocycles. The maximum Gasteiger partial charge on any atom is 0.220 e. The standard InChI is InChI=1S/C16H24F2N2O/c1-3-16(19,4-2)11-20-15(21)7-5-6-12-8-9-13(17)14(18)10-12/h8-10H,3-7,11,19H2,1-2H3,(H,20,21). The first-order valence-corrected chi connectivity index (χ1v) is 7.39. The van der Waals surface area contributed by atoms with Gasteiger partial charge in [-0.15, -0.1) is 0 Å². The summed E-state index contributed by atoms with van der Waals surface area (Å²) in [5.41, 5.74) is 6.44. The quantitative estimate of drug-likeness (QED) is 0.775. The minimum atomic E-state index is -0.852. The summed E-state index contributed by atoms with van der Waals surface area (Å²) in [6.07, 6.45) is 3.09. The van der Waals surface area contributed by atoms with Crippen LogP contribution in [-0.2, 0) is 11.2 Å². The van der Waals surface area contributed by atoms with E-state index in [9.17, 15) is 13.6 Å². The average Bonchev–Trinajstić information content (AvgIpc) is 2.48. The number of nitrogens with one attached hydrogen (secondary N) is 1. The first-order valence-electron chi connectivity index (χ1n) is 7.39. The van der Waals surface area contributed by atoms with Crippen molar-refractivity contribution in [1.29, 1.82) is 0 Å². The normalized spacial score (nSPS) is 11.5. The SMILES string of the molecule is CCC(N)(CC)CNC(=O)CCCc1ccc(F)c(F)c1. The van der Waals surface area contributed by atoms with E-state index >= 15 is 0 Å². The van der Waals surface area contributed by atoms with Crippen LogP contribution in [0.5, 0.6) is 0 Å². The predicted octanol–water partition coefficient (Wildman–Crippen LogP) is 2.92. The molecule has 0 radical (unpaired) electrons. The van der Waals surface area contributed by atoms with Gasteiger partial charge in [0.05, 0.1) is 0 Å². The lowest BCUT2D eigenvalue weighted by atomic mass is 9.94. The first kappa shape index (κ1) is 17.6. The van der Waals surface area contributed by atoms with Gasteiger partial charge in [0.15, 0.2) is 11.6 Å². The predicted molar refractivity (Wildman–Crippen MR) is 79.8 cm³/mol. The smallest absolute Gasteiger partial charge is 0.220 e. The number of benzene rings is 1. The van der Waals surface area contributed by atoms with Crippen molar-refractivity contribution >= 4 is 5.91 Å². The van der Waals surface area contributed by atoms with Crippen LogP contribution in [-0.4, -0.2) is 18.0 Å². The topological polar surface area (TPSA) is 55.1 Å². The van der Waals surface area contributed by atoms with Crippen LogP contribution >= 0.6 is 0 Å². The number of rotatable bonds is 8. The molecule has 118 valence electrons. The Hall–Kier alpha value is -1.49. The monoisotopic (exact) mass is 298 g/mol. The van der Waals surface area contributed by atoms with Crippen LogP contribution in [0.3, 0.4) is 0 Å². The highest BCUT2D eigenvalue weighted by atomic mass is 19.2. The number of halogens is 2. The number of carbonyl (C=O) groups is 1. The summed E-state index contributed by atoms with van der Waals surface area (Å²) in [5, 5.41) is 2.83. The summed E-state index contributed by atoms with van der Waals surface area (Å²) < 4.78 is 25.8. The third-order valence-corrected chi connectivity index (χ3v) is 3.90. The molecule has 5 heteroatoms. The van der Waals surface area contributed by atoms with E-state index in [1.807, 2.05) is 13.8 Å². The Morgan fingerprint density at radius 1 is 1.24 bits per heavy atom. The van der Waals surface area contributed by atoms with Gasteiger partial charge in [0.2, 0.25) is 5.91 Å². The number of aryl methyl sites for hydroxylation is 1. The van der Waals surface area contributed by atoms with Crippen molar-refractivity contribution in [2.24, 2.45) is 5.73 Å². The van der Waals surface area contributed by atoms with E-state index in [4.69, 9.17) is 5.73 Å². The van der Waals surface area contributed by atoms with Crippen molar-refractivity contribution < 1.29 is 13.6 Å². The maximum atomic E-state index is 13.0. The number of carbonyl (C=O) groups excluding carboxylic acids is 1. The molecular weight excluding hydrogens is 274 g/mol. The van der Waals surface area contributed by atoms with E-state index in [0.29, 0.717) is 31.4 Å². The molecule has 0 saturated carbocycles. The molecule has 0 spiro atoms. The van der Waals surface area contributed by atoms with Crippen LogP contribution in [0, 0.1) is 11.6 Å². The average molecular weight is 298 g/mol. The van der Waals surface area contributed by atoms with Crippen molar-refractivity contribution in [3.05, 3.63) is 35.4 Å². The molecule has 1 amide bonds. The van der Waals surface area contributed by atoms with Gasteiger partial charge in [-0.3, -0.25) is 4.79 Å². The summed E-state index contributed by atoms with van der Waals surface area (Å²) in [6.45, 7) is 4.46. The van der Waals surface area contributed by atoms with Gasteiger partial charge in [0.25, 0.3) is 0 Å². The highest BCUT2D eigenvalue weighted by Crippen LogP contribution is 2.12. The molecule has 0 aliphatic carbocycles. The van der Waals surface area contributed by atoms with E-state index in [0.717, 1.165) is 18.9 Å². The molecule has 0 atom stereocenters. The Morgan fingerprint density at radius 2 is 1.90 bits per heavy atom. The summed E-state index contributed by atoms with van der Waals surface area (Å²) in [7, 11) is 0. The number of nitrogens with two attached hydrogens (primary N) is 1. The molecule has 0 unspecified atom stereocenters. The van der Waals surface area contributed by atoms with E-state index in [1.165, 1.54) is 12.1 Å². The maximum absolute atomic E-state index is 13.0. The summed E-state index contributed by atoms with van der Waals surface area (Å²) in [4.78, 5) is 11.7. The summed E-state index contributed by atoms with van der Waals surface area (Å²) in [6, 6.07) is 3.82. The Balaban J connectivity index is 2.32. The van der Waals surface area contributed by atoms with Gasteiger partial charge < -0.3 is 11.1 Å². The molecule has 0 bridgehead atoms. The van der Waals surface area contributed by atoms with Gasteiger partial charge in [-0.2, -0.15) is 0 Å². The summed E-state index contributed by atoms with van der Waals surface area (Å²) >= 11 is 0. The molecule has 1 rings (SSSR count). The molecule has 0 saturated heterocycles. The highest BCUT2D eigenvalue weighted by Gasteiger charge is 2.20. The minimum Gasteiger partial charge on any atom is -0.354 e. The Labute approximate surface area is 124 Å². The van der Waals surface area contributed by atoms with Crippen molar-refractivity contribution in [2.45, 2.75) is 51.5 Å². The van der Waals surface area contributed by atoms with Crippen molar-refractivity contribution in [3.8, 4) is 0 Å². The van der Waals surface area contributed by atoms with Gasteiger partial charge in [-0.05, 0) is 43.4 Å². The van der Waals surface area contributed by atoms with E-state index in [1.54, 1.807) is 0 Å². The van der Waals surface area contributed by atoms with Crippen LogP contribution in [0.25, 0.3) is 0 Å². The molecule has 1 aromatic carbocycles. The van der Waals surface area contributed by atoms with E-state index < -0.39 is 11.6 Å². The zero-order valence-electron chi connectivity index (χ0n) is 12.7. The first-order chi connectivity index (χ1) is 9.90. The Bertz CT molecular complexity index is 473. The largest absolute Gasteiger partial charge is 0.354 e. The van der Waals surface area contributed by atoms with E-state index in [2.05, 4.69) is 5.32 Å². The van der Waals surface area contributed by atoms with Gasteiger partial charge in [-0.1, -0.05) is 19.9 Å². The fourth-order valence-corrected chi connectivity index (χ4v) is 2.01. The second kappa shape index (κ2) is 8.08. The minimum absolute atomic E-state index is 0.0608. The second-order valence-electron chi connectivity index (χ2n) is 5.45. The molecule has 0 heterocycles. The van der Waals surface area contributed by atoms with Crippen LogP contribution in [0.2, 0.25) is 0 Å². The molecule has 21 heavy (non-hydrogen) atoms. The van der Waals surface area contributed by atoms with E-state index in [-0.39, 0.29) is 11.4 Å². The molecule has 0 aliphatic heterocycles. The van der Waals surface area contributed by atoms with Crippen molar-refractivity contribution in [1.82, 2.24) is 5.32 Å². The third kappa shape index (κ3) is 5.79. The molecule has 0 aliphatic rings. The Morgan fingerprint density at radius 3 is 2.48 bits per heavy atom. The lowest BCUT2D eigenvalue weighted by Gasteiger charge is -2.26. The zero-order chi connectivity index (χ0) is 15.9. The number of amides is 1.